The van der Waals surface area contributed by atoms with E-state index in [1.165, 1.54) is 68.3 Å². The zero-order valence-electron chi connectivity index (χ0n) is 44.4. The van der Waals surface area contributed by atoms with Crippen LogP contribution in [0.5, 0.6) is 34.5 Å². The molecule has 9 aromatic rings. The van der Waals surface area contributed by atoms with Gasteiger partial charge in [0.05, 0.1) is 39.5 Å². The molecule has 0 aliphatic carbocycles. The molecule has 0 aliphatic rings. The number of nitrogens with two attached hydrogens (primary N) is 1. The number of alkyl halides is 6. The van der Waals surface area contributed by atoms with Gasteiger partial charge < -0.3 is 43.2 Å². The molecule has 0 aliphatic heterocycles. The van der Waals surface area contributed by atoms with E-state index in [9.17, 15) is 35.9 Å². The molecule has 0 atom stereocenters. The number of ether oxygens (including phenoxy) is 6. The Hall–Kier alpha value is -8.69. The van der Waals surface area contributed by atoms with Gasteiger partial charge in [0.15, 0.2) is 46.2 Å². The molecule has 5 aromatic carbocycles. The highest BCUT2D eigenvalue weighted by Gasteiger charge is 2.52. The van der Waals surface area contributed by atoms with Crippen molar-refractivity contribution >= 4 is 86.4 Å². The molecule has 0 saturated heterocycles. The first-order chi connectivity index (χ1) is 38.8. The van der Waals surface area contributed by atoms with Gasteiger partial charge in [0.2, 0.25) is 0 Å². The molecule has 9 rings (SSSR count). The lowest BCUT2D eigenvalue weighted by Crippen LogP contribution is -2.35. The number of nitrogen functional groups attached to an aromatic ring is 1. The summed E-state index contributed by atoms with van der Waals surface area (Å²) >= 11 is 8.54. The molecule has 0 unspecified atom stereocenters. The van der Waals surface area contributed by atoms with Crippen molar-refractivity contribution in [3.05, 3.63) is 138 Å². The van der Waals surface area contributed by atoms with Gasteiger partial charge in [-0.25, -0.2) is 29.5 Å². The van der Waals surface area contributed by atoms with Gasteiger partial charge in [-0.15, -0.1) is 0 Å². The third-order valence-corrected chi connectivity index (χ3v) is 13.9. The molecule has 19 nitrogen and oxygen atoms in total. The number of rotatable bonds is 14. The first kappa shape index (κ1) is 60.9. The normalized spacial score (nSPS) is 11.6. The van der Waals surface area contributed by atoms with Crippen LogP contribution in [0.2, 0.25) is 5.02 Å². The molecule has 82 heavy (non-hydrogen) atoms. The van der Waals surface area contributed by atoms with E-state index >= 15 is 0 Å². The Morgan fingerprint density at radius 2 is 0.951 bits per heavy atom. The Morgan fingerprint density at radius 3 is 1.38 bits per heavy atom. The lowest BCUT2D eigenvalue weighted by molar-refractivity contribution is -0.186. The summed E-state index contributed by atoms with van der Waals surface area (Å²) < 4.78 is 119. The van der Waals surface area contributed by atoms with Crippen LogP contribution < -0.4 is 44.8 Å². The largest absolute Gasteiger partial charge is 0.493 e. The van der Waals surface area contributed by atoms with E-state index in [-0.39, 0.29) is 23.1 Å². The van der Waals surface area contributed by atoms with Crippen LogP contribution in [0, 0.1) is 0 Å². The molecular weight excluding hydrogens is 1150 g/mol. The Labute approximate surface area is 476 Å². The number of nitrogens with zero attached hydrogens (tertiary/aromatic N) is 6. The second-order valence-electron chi connectivity index (χ2n) is 17.9. The average Bonchev–Trinajstić information content (AvgIpc) is 4.04. The minimum Gasteiger partial charge on any atom is -0.493 e. The van der Waals surface area contributed by atoms with Crippen LogP contribution in [0.4, 0.5) is 53.3 Å². The Kier molecular flexibility index (Phi) is 19.2. The van der Waals surface area contributed by atoms with Gasteiger partial charge in [-0.05, 0) is 100 Å². The highest BCUT2D eigenvalue weighted by molar-refractivity contribution is 7.99. The molecule has 28 heteroatoms. The van der Waals surface area contributed by atoms with Crippen LogP contribution in [-0.4, -0.2) is 83.2 Å². The lowest BCUT2D eigenvalue weighted by Gasteiger charge is -2.24. The van der Waals surface area contributed by atoms with Crippen molar-refractivity contribution in [1.29, 1.82) is 0 Å². The van der Waals surface area contributed by atoms with E-state index in [4.69, 9.17) is 50.3 Å². The Bertz CT molecular complexity index is 3700. The maximum Gasteiger partial charge on any atom is 0.418 e. The van der Waals surface area contributed by atoms with Crippen molar-refractivity contribution < 1.29 is 73.4 Å². The van der Waals surface area contributed by atoms with Crippen molar-refractivity contribution in [2.24, 2.45) is 0 Å². The van der Waals surface area contributed by atoms with Crippen molar-refractivity contribution in [1.82, 2.24) is 30.2 Å². The number of carbonyl (C=O) groups is 2. The first-order valence-corrected chi connectivity index (χ1v) is 25.7. The summed E-state index contributed by atoms with van der Waals surface area (Å²) in [6.07, 6.45) is -7.98. The topological polar surface area (TPSA) is 243 Å². The number of fused-ring (bicyclic) bond motifs is 2. The molecule has 4 N–H and O–H groups in total. The fourth-order valence-corrected chi connectivity index (χ4v) is 8.78. The molecule has 430 valence electrons. The van der Waals surface area contributed by atoms with Crippen molar-refractivity contribution in [2.45, 2.75) is 70.7 Å². The fourth-order valence-electron chi connectivity index (χ4n) is 6.80. The number of hydrogen-bond donors (Lipinski definition) is 3. The van der Waals surface area contributed by atoms with Crippen molar-refractivity contribution in [3.63, 3.8) is 0 Å². The first-order valence-electron chi connectivity index (χ1n) is 23.7. The summed E-state index contributed by atoms with van der Waals surface area (Å²) in [5, 5.41) is 14.9. The van der Waals surface area contributed by atoms with E-state index in [0.29, 0.717) is 43.5 Å². The third-order valence-electron chi connectivity index (χ3n) is 11.7. The summed E-state index contributed by atoms with van der Waals surface area (Å²) in [5.41, 5.74) is 3.49. The molecule has 0 saturated carbocycles. The van der Waals surface area contributed by atoms with Crippen LogP contribution in [0.25, 0.3) is 21.8 Å². The minimum atomic E-state index is -4.56. The van der Waals surface area contributed by atoms with Gasteiger partial charge in [0, 0.05) is 55.5 Å². The molecule has 0 radical (unpaired) electrons. The third kappa shape index (κ3) is 15.0. The van der Waals surface area contributed by atoms with E-state index in [2.05, 4.69) is 45.4 Å². The molecule has 4 aromatic heterocycles. The molecule has 0 spiro atoms. The standard InChI is InChI=1S/C24H21F3N4O5S.C16H15N3O2S.C14H12ClF3N2O3/c1-23(2,24(25,26)27)19-11-20(31-36-19)30-22(32)35-13-6-5-7-14(8-13)37-21-15-9-17(33-3)18(34-4)10-16(15)28-12-29-21;1-20-14-7-12-13(8-15(14)21-2)18-9-19-16(12)22-11-5-3-4-10(17)6-11;1-13(2,14(16,17)18)10-7-11(20-23-10)19-12(21)22-9-5-3-8(15)4-6-9/h5-12H,1-4H3,(H,30,31,32);3-9H,17H2,1-2H3;3-7H,1-2H3,(H,19,20,21). The quantitative estimate of drug-likeness (QED) is 0.0520. The predicted octanol–water partition coefficient (Wildman–Crippen LogP) is 14.4. The summed E-state index contributed by atoms with van der Waals surface area (Å²) in [5.74, 6) is 1.50. The smallest absolute Gasteiger partial charge is 0.418 e. The summed E-state index contributed by atoms with van der Waals surface area (Å²) in [6.45, 7) is 3.80. The molecule has 0 fully saturated rings. The van der Waals surface area contributed by atoms with Crippen LogP contribution in [-0.2, 0) is 10.8 Å². The van der Waals surface area contributed by atoms with Gasteiger partial charge in [0.1, 0.15) is 45.0 Å². The van der Waals surface area contributed by atoms with Crippen LogP contribution in [0.1, 0.15) is 39.2 Å². The van der Waals surface area contributed by atoms with Gasteiger partial charge in [-0.1, -0.05) is 57.6 Å². The van der Waals surface area contributed by atoms with E-state index in [1.54, 1.807) is 56.9 Å². The number of anilines is 3. The fraction of sp³-hybridized carbons (Fsp3) is 0.222. The number of amides is 2. The molecule has 2 amide bonds. The molecule has 0 bridgehead atoms. The van der Waals surface area contributed by atoms with E-state index < -0.39 is 46.9 Å². The number of aromatic nitrogens is 6. The second-order valence-corrected chi connectivity index (χ2v) is 20.5. The number of halogens is 7. The number of carbonyl (C=O) groups excluding carboxylic acids is 2. The van der Waals surface area contributed by atoms with Crippen LogP contribution in [0.3, 0.4) is 0 Å². The lowest BCUT2D eigenvalue weighted by atomic mass is 9.89. The zero-order valence-corrected chi connectivity index (χ0v) is 46.7. The van der Waals surface area contributed by atoms with Crippen LogP contribution in [0.15, 0.2) is 151 Å². The van der Waals surface area contributed by atoms with E-state index in [1.807, 2.05) is 36.4 Å². The Morgan fingerprint density at radius 1 is 0.537 bits per heavy atom. The highest BCUT2D eigenvalue weighted by atomic mass is 35.5. The van der Waals surface area contributed by atoms with Crippen molar-refractivity contribution in [2.75, 3.05) is 44.8 Å². The minimum absolute atomic E-state index is 0.184. The monoisotopic (exact) mass is 1200 g/mol. The predicted molar refractivity (Wildman–Crippen MR) is 293 cm³/mol. The molecular formula is C54H48ClF6N9O10S2. The zero-order chi connectivity index (χ0) is 59.6. The number of benzene rings is 5. The van der Waals surface area contributed by atoms with Gasteiger partial charge in [-0.3, -0.25) is 10.6 Å². The summed E-state index contributed by atoms with van der Waals surface area (Å²) in [7, 11) is 6.28. The number of nitrogens with one attached hydrogen (secondary N) is 2. The van der Waals surface area contributed by atoms with Gasteiger partial charge >= 0.3 is 24.5 Å². The van der Waals surface area contributed by atoms with Crippen molar-refractivity contribution in [3.8, 4) is 34.5 Å². The van der Waals surface area contributed by atoms with Crippen LogP contribution >= 0.6 is 35.1 Å². The van der Waals surface area contributed by atoms with E-state index in [0.717, 1.165) is 71.7 Å². The summed E-state index contributed by atoms with van der Waals surface area (Å²) in [4.78, 5) is 43.0. The number of methoxy groups -OCH3 is 4. The van der Waals surface area contributed by atoms with Gasteiger partial charge in [0.25, 0.3) is 0 Å². The maximum atomic E-state index is 13.2. The van der Waals surface area contributed by atoms with Gasteiger partial charge in [-0.2, -0.15) is 26.3 Å². The molecule has 4 heterocycles. The number of hydrogen-bond acceptors (Lipinski definition) is 19. The average molecular weight is 1200 g/mol. The second kappa shape index (κ2) is 25.8. The summed E-state index contributed by atoms with van der Waals surface area (Å²) in [6, 6.07) is 29.5. The maximum absolute atomic E-state index is 13.2. The Balaban J connectivity index is 0.000000187. The SMILES string of the molecule is CC(C)(c1cc(NC(=O)Oc2ccc(Cl)cc2)no1)C(F)(F)F.COc1cc2ncnc(Sc3cccc(N)c3)c2cc1OC.COc1cc2ncnc(Sc3cccc(OC(=O)Nc4cc(C(C)(C)C(F)(F)F)on4)c3)c2cc1OC. The highest BCUT2D eigenvalue weighted by Crippen LogP contribution is 2.43.